The molecule has 120 valence electrons. The summed E-state index contributed by atoms with van der Waals surface area (Å²) in [6, 6.07) is -0.216. The molecule has 0 saturated carbocycles. The van der Waals surface area contributed by atoms with Gasteiger partial charge in [0, 0.05) is 39.8 Å². The summed E-state index contributed by atoms with van der Waals surface area (Å²) in [4.78, 5) is 35.5. The summed E-state index contributed by atoms with van der Waals surface area (Å²) in [5, 5.41) is 0.493. The van der Waals surface area contributed by atoms with Crippen LogP contribution in [0.2, 0.25) is 0 Å². The van der Waals surface area contributed by atoms with Gasteiger partial charge in [0.05, 0.1) is 12.8 Å². The SMILES string of the molecule is COc1nc(C)c(C(=O)N2CCN3CCN(C)C(=O)[C@H]3C2)s1. The molecule has 2 aliphatic rings. The lowest BCUT2D eigenvalue weighted by Gasteiger charge is -2.45. The third kappa shape index (κ3) is 2.56. The van der Waals surface area contributed by atoms with Crippen LogP contribution in [0.5, 0.6) is 5.19 Å². The van der Waals surface area contributed by atoms with Gasteiger partial charge in [0.2, 0.25) is 5.91 Å². The minimum absolute atomic E-state index is 0.0565. The fourth-order valence-corrected chi connectivity index (χ4v) is 3.80. The van der Waals surface area contributed by atoms with Gasteiger partial charge in [-0.2, -0.15) is 0 Å². The van der Waals surface area contributed by atoms with Gasteiger partial charge in [-0.3, -0.25) is 14.5 Å². The van der Waals surface area contributed by atoms with E-state index in [4.69, 9.17) is 4.74 Å². The summed E-state index contributed by atoms with van der Waals surface area (Å²) in [7, 11) is 3.36. The molecule has 0 N–H and O–H groups in total. The molecule has 1 atom stereocenters. The molecular weight excluding hydrogens is 304 g/mol. The average Bonchev–Trinajstić information content (AvgIpc) is 2.91. The number of likely N-dealkylation sites (N-methyl/N-ethyl adjacent to an activating group) is 1. The van der Waals surface area contributed by atoms with Crippen LogP contribution in [0.25, 0.3) is 0 Å². The number of piperazine rings is 2. The maximum absolute atomic E-state index is 12.7. The first-order chi connectivity index (χ1) is 10.5. The third-order valence-corrected chi connectivity index (χ3v) is 5.41. The number of ether oxygens (including phenoxy) is 1. The topological polar surface area (TPSA) is 66.0 Å². The predicted molar refractivity (Wildman–Crippen MR) is 82.3 cm³/mol. The number of aromatic nitrogens is 1. The Morgan fingerprint density at radius 2 is 2.05 bits per heavy atom. The van der Waals surface area contributed by atoms with Crippen molar-refractivity contribution in [3.63, 3.8) is 0 Å². The normalized spacial score (nSPS) is 22.7. The summed E-state index contributed by atoms with van der Waals surface area (Å²) in [5.41, 5.74) is 0.682. The van der Waals surface area contributed by atoms with Crippen molar-refractivity contribution in [2.75, 3.05) is 46.9 Å². The van der Waals surface area contributed by atoms with E-state index in [2.05, 4.69) is 9.88 Å². The monoisotopic (exact) mass is 324 g/mol. The molecule has 0 spiro atoms. The van der Waals surface area contributed by atoms with Gasteiger partial charge in [-0.1, -0.05) is 11.3 Å². The average molecular weight is 324 g/mol. The van der Waals surface area contributed by atoms with E-state index in [1.165, 1.54) is 11.3 Å². The van der Waals surface area contributed by atoms with E-state index in [1.807, 2.05) is 14.0 Å². The molecule has 1 aromatic rings. The highest BCUT2D eigenvalue weighted by molar-refractivity contribution is 7.15. The molecule has 7 nitrogen and oxygen atoms in total. The van der Waals surface area contributed by atoms with Crippen molar-refractivity contribution in [2.24, 2.45) is 0 Å². The number of aryl methyl sites for hydroxylation is 1. The number of hydrogen-bond acceptors (Lipinski definition) is 6. The molecule has 22 heavy (non-hydrogen) atoms. The summed E-state index contributed by atoms with van der Waals surface area (Å²) in [5.74, 6) is 0.0429. The first-order valence-electron chi connectivity index (χ1n) is 7.31. The highest BCUT2D eigenvalue weighted by Gasteiger charge is 2.39. The lowest BCUT2D eigenvalue weighted by atomic mass is 10.1. The number of thiazole rings is 1. The second kappa shape index (κ2) is 5.85. The van der Waals surface area contributed by atoms with Crippen molar-refractivity contribution in [1.82, 2.24) is 19.7 Å². The van der Waals surface area contributed by atoms with E-state index in [9.17, 15) is 9.59 Å². The second-order valence-corrected chi connectivity index (χ2v) is 6.62. The quantitative estimate of drug-likeness (QED) is 0.770. The third-order valence-electron chi connectivity index (χ3n) is 4.31. The Hall–Kier alpha value is -1.67. The van der Waals surface area contributed by atoms with E-state index in [-0.39, 0.29) is 17.9 Å². The summed E-state index contributed by atoms with van der Waals surface area (Å²) in [6.45, 7) is 5.28. The number of carbonyl (C=O) groups is 2. The Morgan fingerprint density at radius 1 is 1.32 bits per heavy atom. The zero-order valence-electron chi connectivity index (χ0n) is 13.0. The second-order valence-electron chi connectivity index (χ2n) is 5.66. The largest absolute Gasteiger partial charge is 0.473 e. The Bertz CT molecular complexity index is 603. The maximum atomic E-state index is 12.7. The molecule has 3 heterocycles. The van der Waals surface area contributed by atoms with Crippen molar-refractivity contribution < 1.29 is 14.3 Å². The van der Waals surface area contributed by atoms with Gasteiger partial charge < -0.3 is 14.5 Å². The van der Waals surface area contributed by atoms with E-state index in [1.54, 1.807) is 16.9 Å². The fourth-order valence-electron chi connectivity index (χ4n) is 2.95. The van der Waals surface area contributed by atoms with Crippen molar-refractivity contribution in [1.29, 1.82) is 0 Å². The molecule has 2 amide bonds. The van der Waals surface area contributed by atoms with Gasteiger partial charge in [0.15, 0.2) is 0 Å². The fraction of sp³-hybridized carbons (Fsp3) is 0.643. The molecular formula is C14H20N4O3S. The smallest absolute Gasteiger partial charge is 0.273 e. The van der Waals surface area contributed by atoms with Crippen LogP contribution in [0.3, 0.4) is 0 Å². The van der Waals surface area contributed by atoms with Gasteiger partial charge >= 0.3 is 0 Å². The van der Waals surface area contributed by atoms with Crippen LogP contribution in [0.1, 0.15) is 15.4 Å². The molecule has 0 radical (unpaired) electrons. The zero-order valence-corrected chi connectivity index (χ0v) is 13.9. The Labute approximate surface area is 133 Å². The van der Waals surface area contributed by atoms with Crippen molar-refractivity contribution in [3.8, 4) is 5.19 Å². The van der Waals surface area contributed by atoms with Crippen LogP contribution >= 0.6 is 11.3 Å². The number of carbonyl (C=O) groups excluding carboxylic acids is 2. The van der Waals surface area contributed by atoms with E-state index < -0.39 is 0 Å². The number of methoxy groups -OCH3 is 1. The maximum Gasteiger partial charge on any atom is 0.273 e. The molecule has 0 unspecified atom stereocenters. The lowest BCUT2D eigenvalue weighted by molar-refractivity contribution is -0.142. The van der Waals surface area contributed by atoms with Gasteiger partial charge in [-0.25, -0.2) is 4.98 Å². The standard InChI is InChI=1S/C14H20N4O3S/c1-9-11(22-14(15-9)21-3)13(20)18-7-6-17-5-4-16(2)12(19)10(17)8-18/h10H,4-8H2,1-3H3/t10-/m1/s1. The summed E-state index contributed by atoms with van der Waals surface area (Å²) >= 11 is 1.26. The number of nitrogens with zero attached hydrogens (tertiary/aromatic N) is 4. The number of amides is 2. The van der Waals surface area contributed by atoms with Crippen LogP contribution < -0.4 is 4.74 Å². The molecule has 2 aliphatic heterocycles. The molecule has 0 aliphatic carbocycles. The van der Waals surface area contributed by atoms with Gasteiger partial charge in [-0.05, 0) is 6.92 Å². The number of hydrogen-bond donors (Lipinski definition) is 0. The molecule has 8 heteroatoms. The molecule has 0 bridgehead atoms. The molecule has 0 aromatic carbocycles. The van der Waals surface area contributed by atoms with Crippen molar-refractivity contribution >= 4 is 23.2 Å². The molecule has 1 aromatic heterocycles. The van der Waals surface area contributed by atoms with Gasteiger partial charge in [-0.15, -0.1) is 0 Å². The first-order valence-corrected chi connectivity index (χ1v) is 8.12. The molecule has 3 rings (SSSR count). The number of rotatable bonds is 2. The minimum Gasteiger partial charge on any atom is -0.473 e. The summed E-state index contributed by atoms with van der Waals surface area (Å²) in [6.07, 6.45) is 0. The molecule has 2 saturated heterocycles. The lowest BCUT2D eigenvalue weighted by Crippen LogP contribution is -2.64. The van der Waals surface area contributed by atoms with Crippen LogP contribution in [-0.2, 0) is 4.79 Å². The Morgan fingerprint density at radius 3 is 2.73 bits per heavy atom. The Balaban J connectivity index is 1.76. The van der Waals surface area contributed by atoms with Crippen LogP contribution in [-0.4, -0.2) is 84.4 Å². The highest BCUT2D eigenvalue weighted by atomic mass is 32.1. The van der Waals surface area contributed by atoms with Crippen molar-refractivity contribution in [3.05, 3.63) is 10.6 Å². The van der Waals surface area contributed by atoms with Crippen LogP contribution in [0.4, 0.5) is 0 Å². The van der Waals surface area contributed by atoms with E-state index in [0.29, 0.717) is 28.9 Å². The van der Waals surface area contributed by atoms with Gasteiger partial charge in [0.25, 0.3) is 11.1 Å². The first kappa shape index (κ1) is 15.2. The number of fused-ring (bicyclic) bond motifs is 1. The zero-order chi connectivity index (χ0) is 15.9. The molecule has 2 fully saturated rings. The predicted octanol–water partition coefficient (Wildman–Crippen LogP) is 0.0585. The van der Waals surface area contributed by atoms with Crippen LogP contribution in [0.15, 0.2) is 0 Å². The van der Waals surface area contributed by atoms with E-state index >= 15 is 0 Å². The van der Waals surface area contributed by atoms with Crippen LogP contribution in [0, 0.1) is 6.92 Å². The Kier molecular flexibility index (Phi) is 4.05. The minimum atomic E-state index is -0.216. The van der Waals surface area contributed by atoms with Crippen molar-refractivity contribution in [2.45, 2.75) is 13.0 Å². The highest BCUT2D eigenvalue weighted by Crippen LogP contribution is 2.27. The van der Waals surface area contributed by atoms with Gasteiger partial charge in [0.1, 0.15) is 10.9 Å². The summed E-state index contributed by atoms with van der Waals surface area (Å²) < 4.78 is 5.10. The van der Waals surface area contributed by atoms with E-state index in [0.717, 1.165) is 19.6 Å².